The van der Waals surface area contributed by atoms with Crippen LogP contribution in [0.4, 0.5) is 0 Å². The van der Waals surface area contributed by atoms with Gasteiger partial charge in [-0.05, 0) is 68.1 Å². The molecule has 1 aromatic heterocycles. The van der Waals surface area contributed by atoms with Crippen molar-refractivity contribution in [3.05, 3.63) is 81.9 Å². The number of nitrogens with zero attached hydrogens (tertiary/aromatic N) is 2. The summed E-state index contributed by atoms with van der Waals surface area (Å²) in [5, 5.41) is 1.37. The minimum absolute atomic E-state index is 0.675. The molecule has 0 bridgehead atoms. The average Bonchev–Trinajstić information content (AvgIpc) is 2.62. The number of ether oxygens (including phenoxy) is 1. The molecular formula is C20H18Cl2N2O. The predicted octanol–water partition coefficient (Wildman–Crippen LogP) is 6.06. The number of halogens is 2. The Labute approximate surface area is 157 Å². The van der Waals surface area contributed by atoms with Gasteiger partial charge in [0.05, 0.1) is 16.4 Å². The van der Waals surface area contributed by atoms with Crippen molar-refractivity contribution in [2.75, 3.05) is 0 Å². The van der Waals surface area contributed by atoms with E-state index in [1.54, 1.807) is 6.33 Å². The summed E-state index contributed by atoms with van der Waals surface area (Å²) in [4.78, 5) is 8.36. The first-order chi connectivity index (χ1) is 12.1. The lowest BCUT2D eigenvalue weighted by atomic mass is 10.1. The summed E-state index contributed by atoms with van der Waals surface area (Å²) in [7, 11) is 0. The normalized spacial score (nSPS) is 10.7. The SMILES string of the molecule is Cc1ncnc(CCCc2ccc(Oc3ccc(Cl)cc3)cc2)c1Cl. The molecule has 0 saturated carbocycles. The van der Waals surface area contributed by atoms with E-state index in [1.807, 2.05) is 43.3 Å². The fourth-order valence-corrected chi connectivity index (χ4v) is 2.82. The molecule has 2 aromatic carbocycles. The topological polar surface area (TPSA) is 35.0 Å². The molecule has 0 aliphatic heterocycles. The summed E-state index contributed by atoms with van der Waals surface area (Å²) in [6, 6.07) is 15.4. The van der Waals surface area contributed by atoms with Gasteiger partial charge < -0.3 is 4.74 Å². The lowest BCUT2D eigenvalue weighted by Gasteiger charge is -2.08. The summed E-state index contributed by atoms with van der Waals surface area (Å²) in [5.74, 6) is 1.58. The van der Waals surface area contributed by atoms with Crippen molar-refractivity contribution in [1.82, 2.24) is 9.97 Å². The van der Waals surface area contributed by atoms with Gasteiger partial charge in [-0.25, -0.2) is 9.97 Å². The molecule has 0 N–H and O–H groups in total. The van der Waals surface area contributed by atoms with Crippen molar-refractivity contribution in [1.29, 1.82) is 0 Å². The highest BCUT2D eigenvalue weighted by Crippen LogP contribution is 2.24. The van der Waals surface area contributed by atoms with Crippen molar-refractivity contribution >= 4 is 23.2 Å². The lowest BCUT2D eigenvalue weighted by Crippen LogP contribution is -1.97. The number of aryl methyl sites for hydroxylation is 3. The van der Waals surface area contributed by atoms with Crippen LogP contribution in [0.25, 0.3) is 0 Å². The van der Waals surface area contributed by atoms with E-state index in [9.17, 15) is 0 Å². The van der Waals surface area contributed by atoms with E-state index >= 15 is 0 Å². The highest BCUT2D eigenvalue weighted by molar-refractivity contribution is 6.31. The molecule has 0 aliphatic carbocycles. The molecule has 0 atom stereocenters. The molecule has 1 heterocycles. The van der Waals surface area contributed by atoms with Gasteiger partial charge in [0.15, 0.2) is 0 Å². The first kappa shape index (κ1) is 17.7. The fraction of sp³-hybridized carbons (Fsp3) is 0.200. The van der Waals surface area contributed by atoms with Gasteiger partial charge in [-0.3, -0.25) is 0 Å². The molecule has 5 heteroatoms. The molecule has 0 amide bonds. The summed E-state index contributed by atoms with van der Waals surface area (Å²) in [6.45, 7) is 1.90. The number of benzene rings is 2. The minimum atomic E-state index is 0.675. The second-order valence-electron chi connectivity index (χ2n) is 5.77. The average molecular weight is 373 g/mol. The molecule has 3 rings (SSSR count). The van der Waals surface area contributed by atoms with Gasteiger partial charge in [-0.1, -0.05) is 35.3 Å². The maximum absolute atomic E-state index is 6.23. The second-order valence-corrected chi connectivity index (χ2v) is 6.59. The molecule has 3 nitrogen and oxygen atoms in total. The molecule has 0 unspecified atom stereocenters. The number of hydrogen-bond donors (Lipinski definition) is 0. The van der Waals surface area contributed by atoms with Gasteiger partial charge >= 0.3 is 0 Å². The number of rotatable bonds is 6. The highest BCUT2D eigenvalue weighted by Gasteiger charge is 2.06. The zero-order valence-corrected chi connectivity index (χ0v) is 15.4. The van der Waals surface area contributed by atoms with Gasteiger partial charge in [0.2, 0.25) is 0 Å². The maximum Gasteiger partial charge on any atom is 0.127 e. The van der Waals surface area contributed by atoms with Gasteiger partial charge in [0.1, 0.15) is 17.8 Å². The van der Waals surface area contributed by atoms with Gasteiger partial charge in [0.25, 0.3) is 0 Å². The van der Waals surface area contributed by atoms with E-state index < -0.39 is 0 Å². The Morgan fingerprint density at radius 2 is 1.48 bits per heavy atom. The number of aromatic nitrogens is 2. The quantitative estimate of drug-likeness (QED) is 0.527. The third kappa shape index (κ3) is 4.94. The third-order valence-electron chi connectivity index (χ3n) is 3.89. The Morgan fingerprint density at radius 3 is 2.16 bits per heavy atom. The van der Waals surface area contributed by atoms with E-state index in [1.165, 1.54) is 5.56 Å². The molecule has 0 spiro atoms. The summed E-state index contributed by atoms with van der Waals surface area (Å²) >= 11 is 12.1. The van der Waals surface area contributed by atoms with E-state index in [0.717, 1.165) is 42.1 Å². The van der Waals surface area contributed by atoms with Crippen LogP contribution < -0.4 is 4.74 Å². The molecule has 0 fully saturated rings. The molecule has 0 saturated heterocycles. The summed E-state index contributed by atoms with van der Waals surface area (Å²) < 4.78 is 5.80. The van der Waals surface area contributed by atoms with Crippen molar-refractivity contribution in [3.63, 3.8) is 0 Å². The van der Waals surface area contributed by atoms with Gasteiger partial charge in [-0.15, -0.1) is 0 Å². The van der Waals surface area contributed by atoms with Crippen LogP contribution in [0.1, 0.15) is 23.4 Å². The van der Waals surface area contributed by atoms with Crippen LogP contribution in [-0.2, 0) is 12.8 Å². The van der Waals surface area contributed by atoms with Crippen LogP contribution in [0.2, 0.25) is 10.0 Å². The Hall–Kier alpha value is -2.10. The van der Waals surface area contributed by atoms with Crippen LogP contribution in [0, 0.1) is 6.92 Å². The zero-order chi connectivity index (χ0) is 17.6. The summed E-state index contributed by atoms with van der Waals surface area (Å²) in [5.41, 5.74) is 3.00. The molecular weight excluding hydrogens is 355 g/mol. The van der Waals surface area contributed by atoms with E-state index in [4.69, 9.17) is 27.9 Å². The van der Waals surface area contributed by atoms with Crippen LogP contribution in [0.3, 0.4) is 0 Å². The van der Waals surface area contributed by atoms with Crippen LogP contribution in [-0.4, -0.2) is 9.97 Å². The standard InChI is InChI=1S/C20H18Cl2N2O/c1-14-20(22)19(24-13-23-14)4-2-3-15-5-9-17(10-6-15)25-18-11-7-16(21)8-12-18/h5-13H,2-4H2,1H3. The first-order valence-corrected chi connectivity index (χ1v) is 8.86. The van der Waals surface area contributed by atoms with Crippen molar-refractivity contribution in [3.8, 4) is 11.5 Å². The largest absolute Gasteiger partial charge is 0.457 e. The van der Waals surface area contributed by atoms with Crippen molar-refractivity contribution in [2.45, 2.75) is 26.2 Å². The second kappa shape index (κ2) is 8.32. The zero-order valence-electron chi connectivity index (χ0n) is 13.9. The molecule has 128 valence electrons. The Kier molecular flexibility index (Phi) is 5.90. The monoisotopic (exact) mass is 372 g/mol. The van der Waals surface area contributed by atoms with Crippen LogP contribution >= 0.6 is 23.2 Å². The van der Waals surface area contributed by atoms with E-state index in [2.05, 4.69) is 22.1 Å². The first-order valence-electron chi connectivity index (χ1n) is 8.10. The van der Waals surface area contributed by atoms with E-state index in [0.29, 0.717) is 10.0 Å². The minimum Gasteiger partial charge on any atom is -0.457 e. The lowest BCUT2D eigenvalue weighted by molar-refractivity contribution is 0.482. The molecule has 0 radical (unpaired) electrons. The van der Waals surface area contributed by atoms with Crippen LogP contribution in [0.15, 0.2) is 54.9 Å². The predicted molar refractivity (Wildman–Crippen MR) is 102 cm³/mol. The van der Waals surface area contributed by atoms with Gasteiger partial charge in [-0.2, -0.15) is 0 Å². The Bertz CT molecular complexity index is 833. The third-order valence-corrected chi connectivity index (χ3v) is 4.63. The van der Waals surface area contributed by atoms with Crippen molar-refractivity contribution < 1.29 is 4.74 Å². The summed E-state index contributed by atoms with van der Waals surface area (Å²) in [6.07, 6.45) is 4.35. The van der Waals surface area contributed by atoms with Crippen LogP contribution in [0.5, 0.6) is 11.5 Å². The molecule has 3 aromatic rings. The molecule has 0 aliphatic rings. The van der Waals surface area contributed by atoms with Gasteiger partial charge in [0, 0.05) is 5.02 Å². The number of hydrogen-bond acceptors (Lipinski definition) is 3. The van der Waals surface area contributed by atoms with Crippen molar-refractivity contribution in [2.24, 2.45) is 0 Å². The highest BCUT2D eigenvalue weighted by atomic mass is 35.5. The Morgan fingerprint density at radius 1 is 0.840 bits per heavy atom. The molecule has 25 heavy (non-hydrogen) atoms. The van der Waals surface area contributed by atoms with E-state index in [-0.39, 0.29) is 0 Å². The Balaban J connectivity index is 1.54. The fourth-order valence-electron chi connectivity index (χ4n) is 2.50. The maximum atomic E-state index is 6.23. The smallest absolute Gasteiger partial charge is 0.127 e.